The van der Waals surface area contributed by atoms with Crippen molar-refractivity contribution in [1.29, 1.82) is 0 Å². The van der Waals surface area contributed by atoms with Crippen molar-refractivity contribution >= 4 is 21.7 Å². The van der Waals surface area contributed by atoms with Gasteiger partial charge < -0.3 is 5.73 Å². The minimum absolute atomic E-state index is 0. The molecular weight excluding hydrogens is 287 g/mol. The molecule has 1 aromatic heterocycles. The van der Waals surface area contributed by atoms with Crippen molar-refractivity contribution in [2.75, 3.05) is 4.72 Å². The van der Waals surface area contributed by atoms with Gasteiger partial charge in [-0.25, -0.2) is 23.1 Å². The normalized spacial score (nSPS) is 10.7. The van der Waals surface area contributed by atoms with Crippen molar-refractivity contribution in [3.63, 3.8) is 0 Å². The molecule has 2 N–H and O–H groups in total. The predicted molar refractivity (Wildman–Crippen MR) is 72.7 cm³/mol. The van der Waals surface area contributed by atoms with E-state index < -0.39 is 10.0 Å². The average molecular weight is 300 g/mol. The number of nitrogens with one attached hydrogen (secondary N) is 2. The summed E-state index contributed by atoms with van der Waals surface area (Å²) in [6, 6.07) is 7.32. The Bertz CT molecular complexity index is 682. The number of hydrogen-bond acceptors (Lipinski definition) is 4. The van der Waals surface area contributed by atoms with Crippen molar-refractivity contribution in [2.45, 2.75) is 18.7 Å². The molecule has 0 aliphatic heterocycles. The van der Waals surface area contributed by atoms with Gasteiger partial charge in [0.05, 0.1) is 4.90 Å². The molecular formula is C12H13N4NaO2S. The van der Waals surface area contributed by atoms with Crippen LogP contribution in [0.1, 0.15) is 11.4 Å². The van der Waals surface area contributed by atoms with Gasteiger partial charge in [0.1, 0.15) is 0 Å². The number of aryl methyl sites for hydroxylation is 2. The van der Waals surface area contributed by atoms with Gasteiger partial charge in [-0.2, -0.15) is 0 Å². The Balaban J connectivity index is 0.00000200. The first kappa shape index (κ1) is 16.9. The van der Waals surface area contributed by atoms with E-state index in [1.54, 1.807) is 19.9 Å². The van der Waals surface area contributed by atoms with Crippen molar-refractivity contribution in [3.05, 3.63) is 47.5 Å². The van der Waals surface area contributed by atoms with E-state index >= 15 is 0 Å². The fraction of sp³-hybridized carbons (Fsp3) is 0.167. The molecule has 0 radical (unpaired) electrons. The molecule has 100 valence electrons. The maximum absolute atomic E-state index is 12.1. The fourth-order valence-corrected chi connectivity index (χ4v) is 2.53. The Morgan fingerprint density at radius 2 is 1.55 bits per heavy atom. The Hall–Kier alpha value is -1.15. The smallest absolute Gasteiger partial charge is 0.699 e. The Morgan fingerprint density at radius 3 is 2.05 bits per heavy atom. The molecule has 1 heterocycles. The molecule has 0 aliphatic rings. The van der Waals surface area contributed by atoms with E-state index in [0.717, 1.165) is 0 Å². The van der Waals surface area contributed by atoms with Crippen LogP contribution >= 0.6 is 0 Å². The van der Waals surface area contributed by atoms with Crippen molar-refractivity contribution in [1.82, 2.24) is 9.97 Å². The number of anilines is 1. The molecule has 0 bridgehead atoms. The van der Waals surface area contributed by atoms with E-state index in [9.17, 15) is 8.42 Å². The third-order valence-corrected chi connectivity index (χ3v) is 3.72. The average Bonchev–Trinajstić information content (AvgIpc) is 2.27. The van der Waals surface area contributed by atoms with Gasteiger partial charge in [0.15, 0.2) is 0 Å². The van der Waals surface area contributed by atoms with Crippen LogP contribution in [0.25, 0.3) is 5.73 Å². The molecule has 0 fully saturated rings. The van der Waals surface area contributed by atoms with E-state index in [1.807, 2.05) is 0 Å². The maximum atomic E-state index is 12.1. The van der Waals surface area contributed by atoms with Crippen LogP contribution in [0.5, 0.6) is 0 Å². The fourth-order valence-electron chi connectivity index (χ4n) is 1.58. The number of aromatic nitrogens is 2. The molecule has 0 spiro atoms. The first-order valence-electron chi connectivity index (χ1n) is 5.53. The van der Waals surface area contributed by atoms with Crippen LogP contribution in [0.3, 0.4) is 0 Å². The van der Waals surface area contributed by atoms with Crippen LogP contribution in [0.15, 0.2) is 35.2 Å². The van der Waals surface area contributed by atoms with E-state index in [0.29, 0.717) is 11.4 Å². The van der Waals surface area contributed by atoms with Crippen LogP contribution in [0, 0.1) is 13.8 Å². The number of sulfonamides is 1. The third-order valence-electron chi connectivity index (χ3n) is 2.37. The summed E-state index contributed by atoms with van der Waals surface area (Å²) >= 11 is 0. The zero-order chi connectivity index (χ0) is 14.0. The molecule has 0 saturated heterocycles. The predicted octanol–water partition coefficient (Wildman–Crippen LogP) is -0.418. The van der Waals surface area contributed by atoms with Crippen LogP contribution in [-0.2, 0) is 10.0 Å². The summed E-state index contributed by atoms with van der Waals surface area (Å²) < 4.78 is 26.5. The summed E-state index contributed by atoms with van der Waals surface area (Å²) in [5, 5.41) is 0. The summed E-state index contributed by atoms with van der Waals surface area (Å²) in [5.41, 5.74) is 8.96. The molecule has 0 atom stereocenters. The molecule has 0 amide bonds. The van der Waals surface area contributed by atoms with Crippen LogP contribution in [0.4, 0.5) is 11.6 Å². The zero-order valence-electron chi connectivity index (χ0n) is 11.5. The molecule has 2 rings (SSSR count). The molecule has 0 unspecified atom stereocenters. The first-order chi connectivity index (χ1) is 8.87. The summed E-state index contributed by atoms with van der Waals surface area (Å²) in [7, 11) is -3.72. The third kappa shape index (κ3) is 4.17. The van der Waals surface area contributed by atoms with Gasteiger partial charge in [0.2, 0.25) is 5.95 Å². The summed E-state index contributed by atoms with van der Waals surface area (Å²) in [6.07, 6.45) is 0. The Kier molecular flexibility index (Phi) is 5.52. The van der Waals surface area contributed by atoms with Gasteiger partial charge in [-0.05, 0) is 32.0 Å². The van der Waals surface area contributed by atoms with Crippen LogP contribution in [-0.4, -0.2) is 18.4 Å². The van der Waals surface area contributed by atoms with E-state index in [1.165, 1.54) is 24.3 Å². The summed E-state index contributed by atoms with van der Waals surface area (Å²) in [5.74, 6) is 0.0486. The van der Waals surface area contributed by atoms with Crippen LogP contribution < -0.4 is 34.3 Å². The van der Waals surface area contributed by atoms with E-state index in [-0.39, 0.29) is 46.1 Å². The Morgan fingerprint density at radius 1 is 1.05 bits per heavy atom. The van der Waals surface area contributed by atoms with Gasteiger partial charge in [-0.3, -0.25) is 0 Å². The zero-order valence-corrected chi connectivity index (χ0v) is 14.3. The molecule has 0 aliphatic carbocycles. The second-order valence-corrected chi connectivity index (χ2v) is 5.79. The Labute approximate surface area is 140 Å². The van der Waals surface area contributed by atoms with Gasteiger partial charge in [0.25, 0.3) is 10.0 Å². The molecule has 6 nitrogen and oxygen atoms in total. The van der Waals surface area contributed by atoms with Crippen molar-refractivity contribution in [2.24, 2.45) is 0 Å². The monoisotopic (exact) mass is 300 g/mol. The number of hydrogen-bond donors (Lipinski definition) is 1. The van der Waals surface area contributed by atoms with Crippen molar-refractivity contribution in [3.8, 4) is 0 Å². The van der Waals surface area contributed by atoms with Gasteiger partial charge in [-0.15, -0.1) is 5.69 Å². The molecule has 20 heavy (non-hydrogen) atoms. The minimum Gasteiger partial charge on any atom is -0.699 e. The largest absolute Gasteiger partial charge is 1.00 e. The minimum atomic E-state index is -3.72. The summed E-state index contributed by atoms with van der Waals surface area (Å²) in [6.45, 7) is 3.53. The SMILES string of the molecule is Cc1cc(C)nc(NS(=O)(=O)c2ccc([NH-])cc2)n1.[Na+]. The second-order valence-electron chi connectivity index (χ2n) is 4.10. The molecule has 8 heteroatoms. The molecule has 0 saturated carbocycles. The van der Waals surface area contributed by atoms with Crippen LogP contribution in [0.2, 0.25) is 0 Å². The van der Waals surface area contributed by atoms with Gasteiger partial charge in [-0.1, -0.05) is 12.1 Å². The number of rotatable bonds is 3. The van der Waals surface area contributed by atoms with Gasteiger partial charge in [0, 0.05) is 11.4 Å². The van der Waals surface area contributed by atoms with Crippen molar-refractivity contribution < 1.29 is 38.0 Å². The molecule has 1 aromatic carbocycles. The standard InChI is InChI=1S/C12H13N4O2S.Na/c1-8-7-9(2)15-12(14-8)16-19(17,18)11-5-3-10(13)4-6-11;/h3-7,13H,1-2H3,(H,14,15,16);/q-1;+1. The maximum Gasteiger partial charge on any atom is 1.00 e. The quantitative estimate of drug-likeness (QED) is 0.779. The second kappa shape index (κ2) is 6.53. The van der Waals surface area contributed by atoms with E-state index in [4.69, 9.17) is 5.73 Å². The summed E-state index contributed by atoms with van der Waals surface area (Å²) in [4.78, 5) is 8.12. The molecule has 2 aromatic rings. The first-order valence-corrected chi connectivity index (χ1v) is 7.02. The number of nitrogens with zero attached hydrogens (tertiary/aromatic N) is 2. The topological polar surface area (TPSA) is 95.8 Å². The van der Waals surface area contributed by atoms with Gasteiger partial charge >= 0.3 is 29.6 Å². The number of benzene rings is 1. The van der Waals surface area contributed by atoms with E-state index in [2.05, 4.69) is 14.7 Å².